The molecule has 3 rings (SSSR count). The van der Waals surface area contributed by atoms with Crippen LogP contribution in [0, 0.1) is 17.2 Å². The number of fused-ring (bicyclic) bond motifs is 2. The Labute approximate surface area is 111 Å². The number of likely N-dealkylation sites (N-methyl/N-ethyl adjacent to an activating group) is 1. The highest BCUT2D eigenvalue weighted by Crippen LogP contribution is 2.34. The standard InChI is InChI=1S/C15H25N3/c1-17-13-6-7-14(17)11-18(9-8-13)15-5-3-2-4-12(15)10-16/h12-15H,2-9,11H2,1H3. The molecule has 2 heterocycles. The molecular weight excluding hydrogens is 222 g/mol. The predicted octanol–water partition coefficient (Wildman–Crippen LogP) is 2.24. The summed E-state index contributed by atoms with van der Waals surface area (Å²) >= 11 is 0. The SMILES string of the molecule is CN1C2CCC1CN(C1CCCCC1C#N)CC2. The van der Waals surface area contributed by atoms with Gasteiger partial charge >= 0.3 is 0 Å². The quantitative estimate of drug-likeness (QED) is 0.712. The van der Waals surface area contributed by atoms with Crippen molar-refractivity contribution in [1.29, 1.82) is 5.26 Å². The van der Waals surface area contributed by atoms with Crippen molar-refractivity contribution in [1.82, 2.24) is 9.80 Å². The van der Waals surface area contributed by atoms with E-state index in [1.54, 1.807) is 0 Å². The summed E-state index contributed by atoms with van der Waals surface area (Å²) in [4.78, 5) is 5.26. The Morgan fingerprint density at radius 3 is 2.61 bits per heavy atom. The van der Waals surface area contributed by atoms with E-state index in [-0.39, 0.29) is 0 Å². The minimum absolute atomic E-state index is 0.292. The lowest BCUT2D eigenvalue weighted by molar-refractivity contribution is 0.114. The average molecular weight is 247 g/mol. The Balaban J connectivity index is 1.70. The van der Waals surface area contributed by atoms with Crippen LogP contribution in [0.15, 0.2) is 0 Å². The lowest BCUT2D eigenvalue weighted by atomic mass is 9.84. The lowest BCUT2D eigenvalue weighted by Crippen LogP contribution is -2.46. The van der Waals surface area contributed by atoms with Crippen molar-refractivity contribution < 1.29 is 0 Å². The zero-order valence-corrected chi connectivity index (χ0v) is 11.5. The Kier molecular flexibility index (Phi) is 3.59. The van der Waals surface area contributed by atoms with Crippen molar-refractivity contribution >= 4 is 0 Å². The van der Waals surface area contributed by atoms with Gasteiger partial charge in [0.15, 0.2) is 0 Å². The first-order valence-electron chi connectivity index (χ1n) is 7.65. The minimum atomic E-state index is 0.292. The van der Waals surface area contributed by atoms with Crippen molar-refractivity contribution in [2.24, 2.45) is 5.92 Å². The third kappa shape index (κ3) is 2.17. The van der Waals surface area contributed by atoms with Crippen molar-refractivity contribution in [3.05, 3.63) is 0 Å². The number of nitrogens with zero attached hydrogens (tertiary/aromatic N) is 3. The second-order valence-electron chi connectivity index (χ2n) is 6.42. The largest absolute Gasteiger partial charge is 0.299 e. The Morgan fingerprint density at radius 1 is 1.00 bits per heavy atom. The van der Waals surface area contributed by atoms with Crippen LogP contribution in [0.1, 0.15) is 44.9 Å². The summed E-state index contributed by atoms with van der Waals surface area (Å²) < 4.78 is 0. The van der Waals surface area contributed by atoms with Gasteiger partial charge in [0.2, 0.25) is 0 Å². The van der Waals surface area contributed by atoms with Crippen LogP contribution in [0.2, 0.25) is 0 Å². The smallest absolute Gasteiger partial charge is 0.0672 e. The molecule has 4 unspecified atom stereocenters. The average Bonchev–Trinajstić information content (AvgIpc) is 2.63. The molecular formula is C15H25N3. The second kappa shape index (κ2) is 5.19. The number of likely N-dealkylation sites (tertiary alicyclic amines) is 1. The van der Waals surface area contributed by atoms with E-state index in [1.165, 1.54) is 51.6 Å². The van der Waals surface area contributed by atoms with E-state index < -0.39 is 0 Å². The third-order valence-corrected chi connectivity index (χ3v) is 5.54. The number of hydrogen-bond acceptors (Lipinski definition) is 3. The fraction of sp³-hybridized carbons (Fsp3) is 0.933. The molecule has 2 saturated heterocycles. The minimum Gasteiger partial charge on any atom is -0.299 e. The zero-order valence-electron chi connectivity index (χ0n) is 11.5. The van der Waals surface area contributed by atoms with Gasteiger partial charge in [-0.3, -0.25) is 9.80 Å². The molecule has 100 valence electrons. The first-order chi connectivity index (χ1) is 8.79. The van der Waals surface area contributed by atoms with E-state index in [4.69, 9.17) is 0 Å². The monoisotopic (exact) mass is 247 g/mol. The van der Waals surface area contributed by atoms with Gasteiger partial charge < -0.3 is 0 Å². The second-order valence-corrected chi connectivity index (χ2v) is 6.42. The Morgan fingerprint density at radius 2 is 1.78 bits per heavy atom. The van der Waals surface area contributed by atoms with Crippen LogP contribution in [0.5, 0.6) is 0 Å². The third-order valence-electron chi connectivity index (χ3n) is 5.54. The summed E-state index contributed by atoms with van der Waals surface area (Å²) in [6.07, 6.45) is 9.02. The van der Waals surface area contributed by atoms with Crippen molar-refractivity contribution in [2.45, 2.75) is 63.1 Å². The molecule has 0 aromatic rings. The van der Waals surface area contributed by atoms with Gasteiger partial charge in [-0.05, 0) is 39.2 Å². The summed E-state index contributed by atoms with van der Waals surface area (Å²) in [6.45, 7) is 2.42. The van der Waals surface area contributed by atoms with Gasteiger partial charge in [-0.2, -0.15) is 5.26 Å². The fourth-order valence-corrected chi connectivity index (χ4v) is 4.34. The van der Waals surface area contributed by atoms with Crippen LogP contribution < -0.4 is 0 Å². The topological polar surface area (TPSA) is 30.3 Å². The molecule has 3 nitrogen and oxygen atoms in total. The molecule has 18 heavy (non-hydrogen) atoms. The maximum Gasteiger partial charge on any atom is 0.0672 e. The van der Waals surface area contributed by atoms with Crippen LogP contribution in [0.25, 0.3) is 0 Å². The molecule has 1 saturated carbocycles. The predicted molar refractivity (Wildman–Crippen MR) is 72.1 cm³/mol. The first-order valence-corrected chi connectivity index (χ1v) is 7.65. The van der Waals surface area contributed by atoms with Crippen LogP contribution >= 0.6 is 0 Å². The Hall–Kier alpha value is -0.590. The van der Waals surface area contributed by atoms with E-state index in [9.17, 15) is 5.26 Å². The molecule has 2 aliphatic heterocycles. The van der Waals surface area contributed by atoms with Crippen LogP contribution in [0.4, 0.5) is 0 Å². The molecule has 0 aromatic heterocycles. The summed E-state index contributed by atoms with van der Waals surface area (Å²) in [5, 5.41) is 9.36. The van der Waals surface area contributed by atoms with Gasteiger partial charge in [-0.25, -0.2) is 0 Å². The molecule has 0 amide bonds. The maximum absolute atomic E-state index is 9.36. The fourth-order valence-electron chi connectivity index (χ4n) is 4.34. The Bertz CT molecular complexity index is 335. The summed E-state index contributed by atoms with van der Waals surface area (Å²) in [6, 6.07) is 4.68. The number of hydrogen-bond donors (Lipinski definition) is 0. The normalized spacial score (nSPS) is 42.4. The van der Waals surface area contributed by atoms with E-state index >= 15 is 0 Å². The van der Waals surface area contributed by atoms with E-state index in [0.29, 0.717) is 12.0 Å². The molecule has 3 aliphatic rings. The molecule has 3 fully saturated rings. The molecule has 3 heteroatoms. The molecule has 0 spiro atoms. The highest BCUT2D eigenvalue weighted by Gasteiger charge is 2.38. The van der Waals surface area contributed by atoms with Gasteiger partial charge in [0.1, 0.15) is 0 Å². The van der Waals surface area contributed by atoms with Gasteiger partial charge in [0.25, 0.3) is 0 Å². The maximum atomic E-state index is 9.36. The highest BCUT2D eigenvalue weighted by atomic mass is 15.3. The zero-order chi connectivity index (χ0) is 12.5. The number of rotatable bonds is 1. The molecule has 0 aromatic carbocycles. The molecule has 1 aliphatic carbocycles. The molecule has 4 atom stereocenters. The van der Waals surface area contributed by atoms with Gasteiger partial charge in [0, 0.05) is 31.2 Å². The lowest BCUT2D eigenvalue weighted by Gasteiger charge is -2.38. The van der Waals surface area contributed by atoms with Crippen molar-refractivity contribution in [2.75, 3.05) is 20.1 Å². The first kappa shape index (κ1) is 12.4. The van der Waals surface area contributed by atoms with Gasteiger partial charge in [-0.15, -0.1) is 0 Å². The summed E-state index contributed by atoms with van der Waals surface area (Å²) in [5.41, 5.74) is 0. The van der Waals surface area contributed by atoms with Crippen molar-refractivity contribution in [3.8, 4) is 6.07 Å². The van der Waals surface area contributed by atoms with Crippen LogP contribution in [0.3, 0.4) is 0 Å². The van der Waals surface area contributed by atoms with Crippen molar-refractivity contribution in [3.63, 3.8) is 0 Å². The van der Waals surface area contributed by atoms with Gasteiger partial charge in [0.05, 0.1) is 12.0 Å². The van der Waals surface area contributed by atoms with Gasteiger partial charge in [-0.1, -0.05) is 12.8 Å². The molecule has 2 bridgehead atoms. The van der Waals surface area contributed by atoms with Crippen LogP contribution in [-0.2, 0) is 0 Å². The molecule has 0 radical (unpaired) electrons. The van der Waals surface area contributed by atoms with E-state index in [1.807, 2.05) is 0 Å². The van der Waals surface area contributed by atoms with Crippen LogP contribution in [-0.4, -0.2) is 48.1 Å². The highest BCUT2D eigenvalue weighted by molar-refractivity contribution is 4.99. The number of nitriles is 1. The summed E-state index contributed by atoms with van der Waals surface area (Å²) in [5.74, 6) is 0.292. The molecule has 0 N–H and O–H groups in total. The summed E-state index contributed by atoms with van der Waals surface area (Å²) in [7, 11) is 2.30. The van der Waals surface area contributed by atoms with E-state index in [2.05, 4.69) is 22.9 Å². The van der Waals surface area contributed by atoms with E-state index in [0.717, 1.165) is 18.5 Å².